The molecule has 1 atom stereocenters. The third-order valence-electron chi connectivity index (χ3n) is 3.36. The molecular weight excluding hydrogens is 274 g/mol. The molecule has 0 aliphatic rings. The van der Waals surface area contributed by atoms with Crippen molar-refractivity contribution in [3.8, 4) is 0 Å². The topological polar surface area (TPSA) is 12.0 Å². The molecule has 0 saturated heterocycles. The third-order valence-corrected chi connectivity index (χ3v) is 4.46. The largest absolute Gasteiger partial charge is 0.306 e. The quantitative estimate of drug-likeness (QED) is 0.808. The van der Waals surface area contributed by atoms with Crippen molar-refractivity contribution in [3.63, 3.8) is 0 Å². The smallest absolute Gasteiger partial charge is 0.0590 e. The summed E-state index contributed by atoms with van der Waals surface area (Å²) in [7, 11) is 0. The maximum atomic E-state index is 6.17. The molecule has 1 heterocycles. The van der Waals surface area contributed by atoms with Crippen LogP contribution in [0.25, 0.3) is 0 Å². The highest BCUT2D eigenvalue weighted by Gasteiger charge is 2.18. The Hall–Kier alpha value is -0.830. The molecule has 0 aliphatic heterocycles. The molecule has 0 saturated carbocycles. The Bertz CT molecular complexity index is 547. The molecule has 3 heteroatoms. The zero-order valence-electron chi connectivity index (χ0n) is 11.7. The Morgan fingerprint density at radius 1 is 1.21 bits per heavy atom. The van der Waals surface area contributed by atoms with E-state index in [1.165, 1.54) is 21.6 Å². The molecule has 0 radical (unpaired) electrons. The molecule has 1 unspecified atom stereocenters. The summed E-state index contributed by atoms with van der Waals surface area (Å²) in [5.41, 5.74) is 3.93. The van der Waals surface area contributed by atoms with Gasteiger partial charge in [-0.15, -0.1) is 11.3 Å². The molecule has 2 aromatic rings. The van der Waals surface area contributed by atoms with Crippen molar-refractivity contribution < 1.29 is 0 Å². The Labute approximate surface area is 124 Å². The summed E-state index contributed by atoms with van der Waals surface area (Å²) in [4.78, 5) is 1.37. The number of halogens is 1. The lowest BCUT2D eigenvalue weighted by Gasteiger charge is -2.21. The Balaban J connectivity index is 2.42. The first-order chi connectivity index (χ1) is 9.13. The maximum Gasteiger partial charge on any atom is 0.0590 e. The second-order valence-corrected chi connectivity index (χ2v) is 6.38. The molecule has 0 amide bonds. The first-order valence-electron chi connectivity index (χ1n) is 6.67. The average Bonchev–Trinajstić information content (AvgIpc) is 2.80. The van der Waals surface area contributed by atoms with Crippen molar-refractivity contribution in [1.29, 1.82) is 0 Å². The molecule has 102 valence electrons. The Morgan fingerprint density at radius 3 is 2.63 bits per heavy atom. The van der Waals surface area contributed by atoms with Crippen LogP contribution in [0, 0.1) is 13.8 Å². The van der Waals surface area contributed by atoms with E-state index in [-0.39, 0.29) is 6.04 Å². The lowest BCUT2D eigenvalue weighted by molar-refractivity contribution is 0.596. The lowest BCUT2D eigenvalue weighted by Crippen LogP contribution is -2.24. The number of hydrogen-bond donors (Lipinski definition) is 1. The van der Waals surface area contributed by atoms with Crippen LogP contribution >= 0.6 is 22.9 Å². The summed E-state index contributed by atoms with van der Waals surface area (Å²) in [6, 6.07) is 8.59. The summed E-state index contributed by atoms with van der Waals surface area (Å²) in [6.45, 7) is 7.52. The highest BCUT2D eigenvalue weighted by atomic mass is 35.5. The normalized spacial score (nSPS) is 12.6. The van der Waals surface area contributed by atoms with Crippen LogP contribution < -0.4 is 5.32 Å². The molecule has 1 N–H and O–H groups in total. The fourth-order valence-electron chi connectivity index (χ4n) is 2.29. The van der Waals surface area contributed by atoms with Crippen molar-refractivity contribution in [2.45, 2.75) is 33.2 Å². The highest BCUT2D eigenvalue weighted by molar-refractivity contribution is 7.10. The lowest BCUT2D eigenvalue weighted by atomic mass is 9.95. The van der Waals surface area contributed by atoms with Crippen molar-refractivity contribution >= 4 is 22.9 Å². The molecule has 0 aliphatic carbocycles. The second kappa shape index (κ2) is 6.56. The average molecular weight is 294 g/mol. The van der Waals surface area contributed by atoms with Gasteiger partial charge < -0.3 is 5.32 Å². The number of nitrogens with one attached hydrogen (secondary N) is 1. The van der Waals surface area contributed by atoms with Crippen molar-refractivity contribution in [2.75, 3.05) is 6.54 Å². The molecule has 0 fully saturated rings. The van der Waals surface area contributed by atoms with E-state index in [4.69, 9.17) is 11.6 Å². The monoisotopic (exact) mass is 293 g/mol. The molecule has 0 bridgehead atoms. The first kappa shape index (κ1) is 14.6. The molecule has 1 aromatic heterocycles. The van der Waals surface area contributed by atoms with Gasteiger partial charge in [-0.05, 0) is 67.1 Å². The first-order valence-corrected chi connectivity index (χ1v) is 7.92. The zero-order valence-corrected chi connectivity index (χ0v) is 13.2. The highest BCUT2D eigenvalue weighted by Crippen LogP contribution is 2.31. The van der Waals surface area contributed by atoms with Gasteiger partial charge in [0.1, 0.15) is 0 Å². The molecule has 2 rings (SSSR count). The summed E-state index contributed by atoms with van der Waals surface area (Å²) in [6.07, 6.45) is 1.12. The molecule has 0 spiro atoms. The number of benzene rings is 1. The van der Waals surface area contributed by atoms with Crippen LogP contribution in [0.2, 0.25) is 5.02 Å². The van der Waals surface area contributed by atoms with Gasteiger partial charge in [0.15, 0.2) is 0 Å². The zero-order chi connectivity index (χ0) is 13.8. The van der Waals surface area contributed by atoms with Crippen molar-refractivity contribution in [3.05, 3.63) is 56.2 Å². The van der Waals surface area contributed by atoms with Crippen LogP contribution in [-0.4, -0.2) is 6.54 Å². The predicted octanol–water partition coefficient (Wildman–Crippen LogP) is 5.11. The van der Waals surface area contributed by atoms with Gasteiger partial charge in [0.05, 0.1) is 6.04 Å². The Morgan fingerprint density at radius 2 is 2.00 bits per heavy atom. The van der Waals surface area contributed by atoms with Crippen LogP contribution in [-0.2, 0) is 0 Å². The molecule has 19 heavy (non-hydrogen) atoms. The third kappa shape index (κ3) is 3.38. The number of hydrogen-bond acceptors (Lipinski definition) is 2. The van der Waals surface area contributed by atoms with Gasteiger partial charge in [0, 0.05) is 9.90 Å². The van der Waals surface area contributed by atoms with E-state index in [2.05, 4.69) is 49.7 Å². The minimum absolute atomic E-state index is 0.241. The number of rotatable bonds is 5. The van der Waals surface area contributed by atoms with Gasteiger partial charge in [-0.3, -0.25) is 0 Å². The van der Waals surface area contributed by atoms with Gasteiger partial charge >= 0.3 is 0 Å². The van der Waals surface area contributed by atoms with Crippen LogP contribution in [0.4, 0.5) is 0 Å². The standard InChI is InChI=1S/C16H20ClNS/c1-4-8-18-16(14-7-9-19-12(14)3)15-10-13(17)6-5-11(15)2/h5-7,9-10,16,18H,4,8H2,1-3H3. The fraction of sp³-hybridized carbons (Fsp3) is 0.375. The van der Waals surface area contributed by atoms with Crippen LogP contribution in [0.1, 0.15) is 41.0 Å². The number of aryl methyl sites for hydroxylation is 2. The summed E-state index contributed by atoms with van der Waals surface area (Å²) in [5, 5.41) is 6.61. The Kier molecular flexibility index (Phi) is 5.03. The minimum Gasteiger partial charge on any atom is -0.306 e. The second-order valence-electron chi connectivity index (χ2n) is 4.82. The molecule has 1 nitrogen and oxygen atoms in total. The van der Waals surface area contributed by atoms with Gasteiger partial charge in [-0.25, -0.2) is 0 Å². The van der Waals surface area contributed by atoms with E-state index in [9.17, 15) is 0 Å². The van der Waals surface area contributed by atoms with E-state index in [1.807, 2.05) is 6.07 Å². The predicted molar refractivity (Wildman–Crippen MR) is 85.4 cm³/mol. The van der Waals surface area contributed by atoms with E-state index in [0.29, 0.717) is 0 Å². The number of thiophene rings is 1. The van der Waals surface area contributed by atoms with Crippen molar-refractivity contribution in [2.24, 2.45) is 0 Å². The summed E-state index contributed by atoms with van der Waals surface area (Å²) in [5.74, 6) is 0. The van der Waals surface area contributed by atoms with E-state index >= 15 is 0 Å². The van der Waals surface area contributed by atoms with E-state index in [0.717, 1.165) is 18.0 Å². The van der Waals surface area contributed by atoms with Crippen molar-refractivity contribution in [1.82, 2.24) is 5.32 Å². The van der Waals surface area contributed by atoms with Crippen LogP contribution in [0.3, 0.4) is 0 Å². The molecular formula is C16H20ClNS. The SMILES string of the molecule is CCCNC(c1cc(Cl)ccc1C)c1ccsc1C. The van der Waals surface area contributed by atoms with Gasteiger partial charge in [-0.2, -0.15) is 0 Å². The van der Waals surface area contributed by atoms with Gasteiger partial charge in [0.2, 0.25) is 0 Å². The summed E-state index contributed by atoms with van der Waals surface area (Å²) < 4.78 is 0. The van der Waals surface area contributed by atoms with Crippen LogP contribution in [0.15, 0.2) is 29.6 Å². The molecule has 1 aromatic carbocycles. The summed E-state index contributed by atoms with van der Waals surface area (Å²) >= 11 is 7.97. The fourth-order valence-corrected chi connectivity index (χ4v) is 3.21. The maximum absolute atomic E-state index is 6.17. The van der Waals surface area contributed by atoms with Gasteiger partial charge in [-0.1, -0.05) is 24.6 Å². The van der Waals surface area contributed by atoms with Gasteiger partial charge in [0.25, 0.3) is 0 Å². The van der Waals surface area contributed by atoms with Crippen LogP contribution in [0.5, 0.6) is 0 Å². The van der Waals surface area contributed by atoms with E-state index in [1.54, 1.807) is 11.3 Å². The minimum atomic E-state index is 0.241. The van der Waals surface area contributed by atoms with E-state index < -0.39 is 0 Å².